The van der Waals surface area contributed by atoms with Gasteiger partial charge in [0, 0.05) is 40.0 Å². The molecule has 0 aromatic heterocycles. The fourth-order valence-corrected chi connectivity index (χ4v) is 2.17. The lowest BCUT2D eigenvalue weighted by Gasteiger charge is -2.24. The van der Waals surface area contributed by atoms with E-state index in [9.17, 15) is 0 Å². The average Bonchev–Trinajstić information content (AvgIpc) is 2.84. The van der Waals surface area contributed by atoms with Gasteiger partial charge in [-0.15, -0.1) is 0 Å². The topological polar surface area (TPSA) is 54.9 Å². The van der Waals surface area contributed by atoms with Gasteiger partial charge in [-0.3, -0.25) is 4.99 Å². The van der Waals surface area contributed by atoms with Gasteiger partial charge in [0.1, 0.15) is 0 Å². The van der Waals surface area contributed by atoms with Gasteiger partial charge in [-0.1, -0.05) is 13.8 Å². The molecule has 1 aliphatic rings. The second kappa shape index (κ2) is 9.19. The highest BCUT2D eigenvalue weighted by molar-refractivity contribution is 5.79. The molecule has 1 unspecified atom stereocenters. The molecule has 0 bridgehead atoms. The smallest absolute Gasteiger partial charge is 0.191 e. The molecule has 0 saturated carbocycles. The highest BCUT2D eigenvalue weighted by Crippen LogP contribution is 2.23. The Hall–Kier alpha value is -0.810. The van der Waals surface area contributed by atoms with Gasteiger partial charge in [0.05, 0.1) is 5.60 Å². The molecular weight excluding hydrogens is 254 g/mol. The second-order valence-corrected chi connectivity index (χ2v) is 6.08. The summed E-state index contributed by atoms with van der Waals surface area (Å²) < 4.78 is 11.3. The van der Waals surface area contributed by atoms with Crippen molar-refractivity contribution in [1.82, 2.24) is 10.6 Å². The lowest BCUT2D eigenvalue weighted by molar-refractivity contribution is 0.0242. The number of guanidine groups is 1. The summed E-state index contributed by atoms with van der Waals surface area (Å²) in [6.45, 7) is 10.7. The molecule has 0 amide bonds. The van der Waals surface area contributed by atoms with E-state index in [4.69, 9.17) is 9.47 Å². The fourth-order valence-electron chi connectivity index (χ4n) is 2.17. The first kappa shape index (κ1) is 17.2. The van der Waals surface area contributed by atoms with Crippen molar-refractivity contribution in [3.05, 3.63) is 0 Å². The van der Waals surface area contributed by atoms with Crippen molar-refractivity contribution < 1.29 is 9.47 Å². The summed E-state index contributed by atoms with van der Waals surface area (Å²) in [5.41, 5.74) is -0.0437. The van der Waals surface area contributed by atoms with E-state index in [0.29, 0.717) is 5.92 Å². The Morgan fingerprint density at radius 1 is 1.40 bits per heavy atom. The molecule has 1 saturated heterocycles. The van der Waals surface area contributed by atoms with E-state index >= 15 is 0 Å². The van der Waals surface area contributed by atoms with Crippen LogP contribution in [0.5, 0.6) is 0 Å². The summed E-state index contributed by atoms with van der Waals surface area (Å²) in [4.78, 5) is 4.22. The zero-order valence-corrected chi connectivity index (χ0v) is 13.5. The summed E-state index contributed by atoms with van der Waals surface area (Å²) >= 11 is 0. The van der Waals surface area contributed by atoms with Crippen LogP contribution in [0.1, 0.15) is 40.0 Å². The monoisotopic (exact) mass is 285 g/mol. The van der Waals surface area contributed by atoms with E-state index in [1.165, 1.54) is 0 Å². The normalized spacial score (nSPS) is 23.4. The molecule has 0 aliphatic carbocycles. The van der Waals surface area contributed by atoms with E-state index in [1.54, 1.807) is 7.05 Å². The lowest BCUT2D eigenvalue weighted by atomic mass is 10.0. The van der Waals surface area contributed by atoms with Crippen LogP contribution in [-0.2, 0) is 9.47 Å². The Labute approximate surface area is 123 Å². The van der Waals surface area contributed by atoms with E-state index in [2.05, 4.69) is 36.4 Å². The van der Waals surface area contributed by atoms with Gasteiger partial charge >= 0.3 is 0 Å². The van der Waals surface area contributed by atoms with Crippen molar-refractivity contribution in [2.75, 3.05) is 40.0 Å². The maximum Gasteiger partial charge on any atom is 0.191 e. The molecule has 1 atom stereocenters. The predicted octanol–water partition coefficient (Wildman–Crippen LogP) is 1.78. The SMILES string of the molecule is CN=C(NCCCOCC(C)C)NCC1(C)CCCO1. The lowest BCUT2D eigenvalue weighted by Crippen LogP contribution is -2.45. The number of hydrogen-bond acceptors (Lipinski definition) is 3. The summed E-state index contributed by atoms with van der Waals surface area (Å²) in [5, 5.41) is 6.64. The van der Waals surface area contributed by atoms with Crippen LogP contribution in [0.3, 0.4) is 0 Å². The van der Waals surface area contributed by atoms with E-state index in [1.807, 2.05) is 0 Å². The van der Waals surface area contributed by atoms with Crippen LogP contribution < -0.4 is 10.6 Å². The van der Waals surface area contributed by atoms with Gasteiger partial charge in [-0.2, -0.15) is 0 Å². The van der Waals surface area contributed by atoms with Gasteiger partial charge in [0.25, 0.3) is 0 Å². The van der Waals surface area contributed by atoms with Crippen molar-refractivity contribution in [2.24, 2.45) is 10.9 Å². The molecular formula is C15H31N3O2. The Morgan fingerprint density at radius 2 is 2.20 bits per heavy atom. The molecule has 0 spiro atoms. The quantitative estimate of drug-likeness (QED) is 0.405. The molecule has 118 valence electrons. The maximum absolute atomic E-state index is 5.75. The van der Waals surface area contributed by atoms with Crippen molar-refractivity contribution in [3.63, 3.8) is 0 Å². The average molecular weight is 285 g/mol. The van der Waals surface area contributed by atoms with Crippen LogP contribution in [0.25, 0.3) is 0 Å². The number of nitrogens with zero attached hydrogens (tertiary/aromatic N) is 1. The van der Waals surface area contributed by atoms with E-state index in [-0.39, 0.29) is 5.60 Å². The van der Waals surface area contributed by atoms with Crippen molar-refractivity contribution in [2.45, 2.75) is 45.6 Å². The van der Waals surface area contributed by atoms with E-state index in [0.717, 1.165) is 58.1 Å². The van der Waals surface area contributed by atoms with Gasteiger partial charge in [-0.25, -0.2) is 0 Å². The number of ether oxygens (including phenoxy) is 2. The first-order chi connectivity index (χ1) is 9.56. The summed E-state index contributed by atoms with van der Waals surface area (Å²) in [6, 6.07) is 0. The van der Waals surface area contributed by atoms with Crippen LogP contribution in [0.2, 0.25) is 0 Å². The molecule has 0 aromatic carbocycles. The largest absolute Gasteiger partial charge is 0.381 e. The second-order valence-electron chi connectivity index (χ2n) is 6.08. The minimum absolute atomic E-state index is 0.0437. The third-order valence-corrected chi connectivity index (χ3v) is 3.36. The number of aliphatic imine (C=N–C) groups is 1. The predicted molar refractivity (Wildman–Crippen MR) is 83.2 cm³/mol. The summed E-state index contributed by atoms with van der Waals surface area (Å²) in [5.74, 6) is 1.44. The van der Waals surface area contributed by atoms with Crippen molar-refractivity contribution >= 4 is 5.96 Å². The van der Waals surface area contributed by atoms with Crippen LogP contribution in [-0.4, -0.2) is 51.5 Å². The van der Waals surface area contributed by atoms with Crippen molar-refractivity contribution in [1.29, 1.82) is 0 Å². The van der Waals surface area contributed by atoms with Gasteiger partial charge < -0.3 is 20.1 Å². The minimum atomic E-state index is -0.0437. The molecule has 5 nitrogen and oxygen atoms in total. The number of nitrogens with one attached hydrogen (secondary N) is 2. The standard InChI is InChI=1S/C15H31N3O2/c1-13(2)11-19-9-6-8-17-14(16-4)18-12-15(3)7-5-10-20-15/h13H,5-12H2,1-4H3,(H2,16,17,18). The summed E-state index contributed by atoms with van der Waals surface area (Å²) in [6.07, 6.45) is 3.25. The molecule has 0 aromatic rings. The third-order valence-electron chi connectivity index (χ3n) is 3.36. The highest BCUT2D eigenvalue weighted by Gasteiger charge is 2.29. The molecule has 20 heavy (non-hydrogen) atoms. The highest BCUT2D eigenvalue weighted by atomic mass is 16.5. The zero-order valence-electron chi connectivity index (χ0n) is 13.5. The molecule has 1 fully saturated rings. The molecule has 1 heterocycles. The Balaban J connectivity index is 2.08. The van der Waals surface area contributed by atoms with Gasteiger partial charge in [0.15, 0.2) is 5.96 Å². The van der Waals surface area contributed by atoms with Crippen LogP contribution >= 0.6 is 0 Å². The van der Waals surface area contributed by atoms with Gasteiger partial charge in [-0.05, 0) is 32.1 Å². The molecule has 5 heteroatoms. The number of hydrogen-bond donors (Lipinski definition) is 2. The van der Waals surface area contributed by atoms with E-state index < -0.39 is 0 Å². The Morgan fingerprint density at radius 3 is 2.80 bits per heavy atom. The number of rotatable bonds is 8. The zero-order chi connectivity index (χ0) is 14.8. The molecule has 1 rings (SSSR count). The van der Waals surface area contributed by atoms with Gasteiger partial charge in [0.2, 0.25) is 0 Å². The summed E-state index contributed by atoms with van der Waals surface area (Å²) in [7, 11) is 1.79. The first-order valence-corrected chi connectivity index (χ1v) is 7.72. The first-order valence-electron chi connectivity index (χ1n) is 7.72. The Kier molecular flexibility index (Phi) is 7.92. The van der Waals surface area contributed by atoms with Crippen LogP contribution in [0, 0.1) is 5.92 Å². The van der Waals surface area contributed by atoms with Crippen LogP contribution in [0.4, 0.5) is 0 Å². The molecule has 1 aliphatic heterocycles. The van der Waals surface area contributed by atoms with Crippen LogP contribution in [0.15, 0.2) is 4.99 Å². The minimum Gasteiger partial charge on any atom is -0.381 e. The van der Waals surface area contributed by atoms with Crippen molar-refractivity contribution in [3.8, 4) is 0 Å². The molecule has 0 radical (unpaired) electrons. The maximum atomic E-state index is 5.75. The Bertz CT molecular complexity index is 287. The molecule has 2 N–H and O–H groups in total. The third kappa shape index (κ3) is 7.10. The fraction of sp³-hybridized carbons (Fsp3) is 0.933.